The van der Waals surface area contributed by atoms with Crippen LogP contribution in [0.15, 0.2) is 24.3 Å². The van der Waals surface area contributed by atoms with Crippen LogP contribution in [-0.2, 0) is 4.79 Å². The fourth-order valence-electron chi connectivity index (χ4n) is 5.74. The molecule has 4 atom stereocenters. The first-order valence-corrected chi connectivity index (χ1v) is 12.0. The van der Waals surface area contributed by atoms with Crippen LogP contribution in [0.3, 0.4) is 0 Å². The molecule has 2 saturated heterocycles. The van der Waals surface area contributed by atoms with E-state index in [9.17, 15) is 4.79 Å². The number of nitrogens with one attached hydrogen (secondary N) is 1. The Kier molecular flexibility index (Phi) is 5.38. The molecule has 3 heterocycles. The summed E-state index contributed by atoms with van der Waals surface area (Å²) in [7, 11) is 0. The van der Waals surface area contributed by atoms with Gasteiger partial charge in [-0.1, -0.05) is 31.4 Å². The molecule has 1 saturated carbocycles. The average molecular weight is 399 g/mol. The standard InChI is InChI=1S/C23H31N3OS/c27-22(26-13-11-17-6-1-2-7-18(17)15-26)16-25-12-5-8-19(14-25)23-24-20-9-3-4-10-21(20)28-23/h3-4,9-10,17-19H,1-2,5-8,11-16H2/p+1/t17-,18+,19+/m0/s1. The van der Waals surface area contributed by atoms with Crippen molar-refractivity contribution in [1.29, 1.82) is 0 Å². The highest BCUT2D eigenvalue weighted by Gasteiger charge is 2.35. The van der Waals surface area contributed by atoms with E-state index in [0.29, 0.717) is 18.4 Å². The van der Waals surface area contributed by atoms with Gasteiger partial charge in [-0.25, -0.2) is 4.98 Å². The zero-order valence-corrected chi connectivity index (χ0v) is 17.6. The highest BCUT2D eigenvalue weighted by molar-refractivity contribution is 7.18. The van der Waals surface area contributed by atoms with Crippen molar-refractivity contribution in [2.24, 2.45) is 11.8 Å². The normalized spacial score (nSPS) is 30.9. The molecule has 0 radical (unpaired) electrons. The van der Waals surface area contributed by atoms with Gasteiger partial charge in [-0.2, -0.15) is 0 Å². The fourth-order valence-corrected chi connectivity index (χ4v) is 6.84. The number of fused-ring (bicyclic) bond motifs is 2. The first-order chi connectivity index (χ1) is 13.8. The third-order valence-electron chi connectivity index (χ3n) is 7.32. The minimum Gasteiger partial charge on any atom is -0.338 e. The second kappa shape index (κ2) is 8.11. The summed E-state index contributed by atoms with van der Waals surface area (Å²) in [5.74, 6) is 2.57. The van der Waals surface area contributed by atoms with Crippen LogP contribution in [0.25, 0.3) is 10.2 Å². The second-order valence-electron chi connectivity index (χ2n) is 9.17. The van der Waals surface area contributed by atoms with Gasteiger partial charge in [0.15, 0.2) is 6.54 Å². The van der Waals surface area contributed by atoms with Crippen molar-refractivity contribution in [3.63, 3.8) is 0 Å². The lowest BCUT2D eigenvalue weighted by Crippen LogP contribution is -3.14. The largest absolute Gasteiger partial charge is 0.338 e. The number of piperidine rings is 2. The van der Waals surface area contributed by atoms with Gasteiger partial charge in [-0.05, 0) is 49.7 Å². The van der Waals surface area contributed by atoms with Crippen molar-refractivity contribution in [1.82, 2.24) is 9.88 Å². The number of rotatable bonds is 3. The third kappa shape index (κ3) is 3.84. The molecule has 1 aromatic heterocycles. The second-order valence-corrected chi connectivity index (χ2v) is 10.2. The van der Waals surface area contributed by atoms with E-state index in [1.54, 1.807) is 0 Å². The number of quaternary nitrogens is 1. The first-order valence-electron chi connectivity index (χ1n) is 11.2. The Morgan fingerprint density at radius 3 is 2.86 bits per heavy atom. The minimum atomic E-state index is 0.393. The number of likely N-dealkylation sites (tertiary alicyclic amines) is 2. The van der Waals surface area contributed by atoms with Crippen molar-refractivity contribution < 1.29 is 9.69 Å². The molecule has 0 bridgehead atoms. The first kappa shape index (κ1) is 18.6. The van der Waals surface area contributed by atoms with Gasteiger partial charge in [0.25, 0.3) is 5.91 Å². The van der Waals surface area contributed by atoms with Gasteiger partial charge in [0.1, 0.15) is 5.01 Å². The van der Waals surface area contributed by atoms with Gasteiger partial charge in [0, 0.05) is 13.1 Å². The number of carbonyl (C=O) groups excluding carboxylic acids is 1. The van der Waals surface area contributed by atoms with E-state index in [-0.39, 0.29) is 0 Å². The lowest BCUT2D eigenvalue weighted by atomic mass is 9.75. The summed E-state index contributed by atoms with van der Waals surface area (Å²) >= 11 is 1.85. The maximum atomic E-state index is 13.0. The van der Waals surface area contributed by atoms with Crippen LogP contribution in [0, 0.1) is 11.8 Å². The summed E-state index contributed by atoms with van der Waals surface area (Å²) in [4.78, 5) is 21.6. The van der Waals surface area contributed by atoms with Crippen LogP contribution in [-0.4, -0.2) is 48.5 Å². The molecule has 4 nitrogen and oxygen atoms in total. The predicted molar refractivity (Wildman–Crippen MR) is 114 cm³/mol. The quantitative estimate of drug-likeness (QED) is 0.863. The summed E-state index contributed by atoms with van der Waals surface area (Å²) in [6.07, 6.45) is 9.15. The summed E-state index contributed by atoms with van der Waals surface area (Å²) in [6.45, 7) is 4.89. The summed E-state index contributed by atoms with van der Waals surface area (Å²) in [5, 5.41) is 1.27. The number of benzene rings is 1. The van der Waals surface area contributed by atoms with E-state index in [4.69, 9.17) is 4.98 Å². The van der Waals surface area contributed by atoms with E-state index in [2.05, 4.69) is 29.2 Å². The molecule has 5 heteroatoms. The zero-order chi connectivity index (χ0) is 18.9. The Bertz CT molecular complexity index is 801. The smallest absolute Gasteiger partial charge is 0.277 e. The Morgan fingerprint density at radius 2 is 1.96 bits per heavy atom. The van der Waals surface area contributed by atoms with E-state index in [0.717, 1.165) is 43.5 Å². The highest BCUT2D eigenvalue weighted by atomic mass is 32.1. The molecule has 1 unspecified atom stereocenters. The maximum absolute atomic E-state index is 13.0. The zero-order valence-electron chi connectivity index (χ0n) is 16.7. The van der Waals surface area contributed by atoms with Crippen molar-refractivity contribution in [3.05, 3.63) is 29.3 Å². The molecule has 28 heavy (non-hydrogen) atoms. The third-order valence-corrected chi connectivity index (χ3v) is 8.52. The van der Waals surface area contributed by atoms with Gasteiger partial charge in [-0.15, -0.1) is 11.3 Å². The fraction of sp³-hybridized carbons (Fsp3) is 0.652. The monoisotopic (exact) mass is 398 g/mol. The van der Waals surface area contributed by atoms with Gasteiger partial charge in [0.2, 0.25) is 0 Å². The lowest BCUT2D eigenvalue weighted by Gasteiger charge is -2.41. The summed E-state index contributed by atoms with van der Waals surface area (Å²) < 4.78 is 1.29. The number of para-hydroxylation sites is 1. The van der Waals surface area contributed by atoms with Gasteiger partial charge in [-0.3, -0.25) is 4.79 Å². The Labute approximate surface area is 171 Å². The number of amides is 1. The number of aromatic nitrogens is 1. The molecule has 1 aliphatic carbocycles. The van der Waals surface area contributed by atoms with Gasteiger partial charge in [0.05, 0.1) is 29.2 Å². The van der Waals surface area contributed by atoms with E-state index in [1.165, 1.54) is 59.6 Å². The van der Waals surface area contributed by atoms with E-state index < -0.39 is 0 Å². The number of carbonyl (C=O) groups is 1. The molecule has 1 N–H and O–H groups in total. The molecular formula is C23H32N3OS+. The Hall–Kier alpha value is -1.46. The molecule has 3 aliphatic rings. The molecule has 5 rings (SSSR count). The lowest BCUT2D eigenvalue weighted by molar-refractivity contribution is -0.898. The predicted octanol–water partition coefficient (Wildman–Crippen LogP) is 3.10. The molecule has 1 amide bonds. The number of hydrogen-bond acceptors (Lipinski definition) is 3. The molecular weight excluding hydrogens is 366 g/mol. The summed E-state index contributed by atoms with van der Waals surface area (Å²) in [5.41, 5.74) is 1.13. The number of nitrogens with zero attached hydrogens (tertiary/aromatic N) is 2. The molecule has 2 aliphatic heterocycles. The van der Waals surface area contributed by atoms with Crippen molar-refractivity contribution in [3.8, 4) is 0 Å². The average Bonchev–Trinajstić information content (AvgIpc) is 3.18. The Morgan fingerprint density at radius 1 is 1.11 bits per heavy atom. The van der Waals surface area contributed by atoms with Crippen LogP contribution in [0.1, 0.15) is 55.9 Å². The van der Waals surface area contributed by atoms with Crippen molar-refractivity contribution in [2.75, 3.05) is 32.7 Å². The van der Waals surface area contributed by atoms with Crippen molar-refractivity contribution in [2.45, 2.75) is 50.9 Å². The van der Waals surface area contributed by atoms with Crippen molar-refractivity contribution >= 4 is 27.5 Å². The SMILES string of the molecule is O=C(C[NH+]1CCC[C@@H](c2nc3ccccc3s2)C1)N1CC[C@@H]2CCCC[C@@H]2C1. The van der Waals surface area contributed by atoms with Crippen LogP contribution in [0.5, 0.6) is 0 Å². The summed E-state index contributed by atoms with van der Waals surface area (Å²) in [6, 6.07) is 8.44. The highest BCUT2D eigenvalue weighted by Crippen LogP contribution is 2.36. The van der Waals surface area contributed by atoms with E-state index >= 15 is 0 Å². The van der Waals surface area contributed by atoms with Crippen LogP contribution in [0.4, 0.5) is 0 Å². The maximum Gasteiger partial charge on any atom is 0.277 e. The Balaban J connectivity index is 1.20. The van der Waals surface area contributed by atoms with Gasteiger partial charge < -0.3 is 9.80 Å². The van der Waals surface area contributed by atoms with Gasteiger partial charge >= 0.3 is 0 Å². The molecule has 150 valence electrons. The molecule has 2 aromatic rings. The molecule has 0 spiro atoms. The van der Waals surface area contributed by atoms with Crippen LogP contribution in [0.2, 0.25) is 0 Å². The molecule has 1 aromatic carbocycles. The number of thiazole rings is 1. The number of hydrogen-bond donors (Lipinski definition) is 1. The molecule has 3 fully saturated rings. The van der Waals surface area contributed by atoms with Crippen LogP contribution >= 0.6 is 11.3 Å². The minimum absolute atomic E-state index is 0.393. The topological polar surface area (TPSA) is 37.6 Å². The van der Waals surface area contributed by atoms with E-state index in [1.807, 2.05) is 11.3 Å². The van der Waals surface area contributed by atoms with Crippen LogP contribution < -0.4 is 4.90 Å².